The number of rotatable bonds is 1. The van der Waals surface area contributed by atoms with E-state index in [9.17, 15) is 0 Å². The van der Waals surface area contributed by atoms with E-state index in [2.05, 4.69) is 26.1 Å². The van der Waals surface area contributed by atoms with E-state index in [1.807, 2.05) is 7.05 Å². The van der Waals surface area contributed by atoms with Gasteiger partial charge in [-0.1, -0.05) is 20.8 Å². The summed E-state index contributed by atoms with van der Waals surface area (Å²) in [6, 6.07) is 0. The molecule has 0 spiro atoms. The Kier molecular flexibility index (Phi) is 3.13. The van der Waals surface area contributed by atoms with E-state index < -0.39 is 0 Å². The van der Waals surface area contributed by atoms with E-state index in [-0.39, 0.29) is 6.23 Å². The van der Waals surface area contributed by atoms with Crippen LogP contribution in [0.25, 0.3) is 0 Å². The standard InChI is InChI=1S/C10H21NO/c1-10(2,3)8-5-6-12-9(7-8)11-4/h8-9,11H,5-7H2,1-4H3/t8-,9+/m1/s1. The third-order valence-electron chi connectivity index (χ3n) is 2.83. The molecule has 1 aliphatic heterocycles. The zero-order valence-corrected chi connectivity index (χ0v) is 8.68. The van der Waals surface area contributed by atoms with Gasteiger partial charge in [-0.2, -0.15) is 0 Å². The molecule has 72 valence electrons. The lowest BCUT2D eigenvalue weighted by Crippen LogP contribution is -2.39. The fourth-order valence-corrected chi connectivity index (χ4v) is 1.78. The van der Waals surface area contributed by atoms with Crippen molar-refractivity contribution < 1.29 is 4.74 Å². The van der Waals surface area contributed by atoms with Crippen molar-refractivity contribution in [3.8, 4) is 0 Å². The van der Waals surface area contributed by atoms with Crippen molar-refractivity contribution in [3.63, 3.8) is 0 Å². The van der Waals surface area contributed by atoms with Crippen molar-refractivity contribution in [3.05, 3.63) is 0 Å². The van der Waals surface area contributed by atoms with E-state index in [0.29, 0.717) is 5.41 Å². The highest BCUT2D eigenvalue weighted by molar-refractivity contribution is 4.79. The van der Waals surface area contributed by atoms with Crippen molar-refractivity contribution in [2.75, 3.05) is 13.7 Å². The van der Waals surface area contributed by atoms with Crippen molar-refractivity contribution in [1.29, 1.82) is 0 Å². The Balaban J connectivity index is 2.46. The second-order valence-corrected chi connectivity index (χ2v) is 4.74. The fraction of sp³-hybridized carbons (Fsp3) is 1.00. The summed E-state index contributed by atoms with van der Waals surface area (Å²) in [4.78, 5) is 0. The van der Waals surface area contributed by atoms with Gasteiger partial charge < -0.3 is 4.74 Å². The molecular formula is C10H21NO. The zero-order chi connectivity index (χ0) is 9.19. The monoisotopic (exact) mass is 171 g/mol. The molecule has 1 saturated heterocycles. The number of hydrogen-bond donors (Lipinski definition) is 1. The first-order valence-corrected chi connectivity index (χ1v) is 4.83. The molecule has 0 amide bonds. The summed E-state index contributed by atoms with van der Waals surface area (Å²) >= 11 is 0. The molecule has 2 heteroatoms. The highest BCUT2D eigenvalue weighted by Crippen LogP contribution is 2.34. The van der Waals surface area contributed by atoms with Crippen LogP contribution in [0.3, 0.4) is 0 Å². The van der Waals surface area contributed by atoms with Crippen molar-refractivity contribution in [2.24, 2.45) is 11.3 Å². The van der Waals surface area contributed by atoms with Gasteiger partial charge in [-0.15, -0.1) is 0 Å². The van der Waals surface area contributed by atoms with Crippen LogP contribution < -0.4 is 5.32 Å². The Labute approximate surface area is 75.7 Å². The van der Waals surface area contributed by atoms with Crippen LogP contribution in [0.5, 0.6) is 0 Å². The van der Waals surface area contributed by atoms with Crippen LogP contribution in [0.1, 0.15) is 33.6 Å². The van der Waals surface area contributed by atoms with Gasteiger partial charge in [-0.3, -0.25) is 5.32 Å². The summed E-state index contributed by atoms with van der Waals surface area (Å²) in [5.41, 5.74) is 0.429. The number of ether oxygens (including phenoxy) is 1. The van der Waals surface area contributed by atoms with E-state index in [1.54, 1.807) is 0 Å². The van der Waals surface area contributed by atoms with Gasteiger partial charge in [0.2, 0.25) is 0 Å². The van der Waals surface area contributed by atoms with Crippen molar-refractivity contribution in [1.82, 2.24) is 5.32 Å². The van der Waals surface area contributed by atoms with Crippen LogP contribution in [0.4, 0.5) is 0 Å². The Morgan fingerprint density at radius 3 is 2.50 bits per heavy atom. The molecule has 2 nitrogen and oxygen atoms in total. The van der Waals surface area contributed by atoms with Crippen LogP contribution in [0.15, 0.2) is 0 Å². The van der Waals surface area contributed by atoms with E-state index in [4.69, 9.17) is 4.74 Å². The molecule has 0 saturated carbocycles. The minimum Gasteiger partial charge on any atom is -0.363 e. The maximum Gasteiger partial charge on any atom is 0.108 e. The molecular weight excluding hydrogens is 150 g/mol. The topological polar surface area (TPSA) is 21.3 Å². The fourth-order valence-electron chi connectivity index (χ4n) is 1.78. The summed E-state index contributed by atoms with van der Waals surface area (Å²) in [6.07, 6.45) is 2.64. The number of hydrogen-bond acceptors (Lipinski definition) is 2. The second-order valence-electron chi connectivity index (χ2n) is 4.74. The van der Waals surface area contributed by atoms with Crippen LogP contribution in [-0.4, -0.2) is 19.9 Å². The lowest BCUT2D eigenvalue weighted by molar-refractivity contribution is -0.0475. The third-order valence-corrected chi connectivity index (χ3v) is 2.83. The smallest absolute Gasteiger partial charge is 0.108 e. The predicted octanol–water partition coefficient (Wildman–Crippen LogP) is 2.00. The molecule has 1 aliphatic rings. The van der Waals surface area contributed by atoms with Gasteiger partial charge in [0, 0.05) is 6.61 Å². The molecule has 0 bridgehead atoms. The Morgan fingerprint density at radius 1 is 1.33 bits per heavy atom. The molecule has 1 fully saturated rings. The number of nitrogens with one attached hydrogen (secondary N) is 1. The van der Waals surface area contributed by atoms with Gasteiger partial charge in [-0.25, -0.2) is 0 Å². The lowest BCUT2D eigenvalue weighted by Gasteiger charge is -2.37. The maximum absolute atomic E-state index is 5.54. The molecule has 2 atom stereocenters. The second kappa shape index (κ2) is 3.75. The van der Waals surface area contributed by atoms with Gasteiger partial charge in [0.05, 0.1) is 0 Å². The normalized spacial score (nSPS) is 32.0. The Morgan fingerprint density at radius 2 is 2.00 bits per heavy atom. The first-order valence-electron chi connectivity index (χ1n) is 4.83. The Bertz CT molecular complexity index is 139. The van der Waals surface area contributed by atoms with Crippen molar-refractivity contribution >= 4 is 0 Å². The molecule has 1 rings (SSSR count). The molecule has 0 aliphatic carbocycles. The van der Waals surface area contributed by atoms with E-state index in [0.717, 1.165) is 18.9 Å². The molecule has 0 aromatic rings. The largest absolute Gasteiger partial charge is 0.363 e. The summed E-state index contributed by atoms with van der Waals surface area (Å²) < 4.78 is 5.54. The van der Waals surface area contributed by atoms with Gasteiger partial charge in [-0.05, 0) is 31.2 Å². The zero-order valence-electron chi connectivity index (χ0n) is 8.68. The summed E-state index contributed by atoms with van der Waals surface area (Å²) in [5, 5.41) is 3.18. The highest BCUT2D eigenvalue weighted by Gasteiger charge is 2.30. The highest BCUT2D eigenvalue weighted by atomic mass is 16.5. The van der Waals surface area contributed by atoms with Crippen LogP contribution in [0.2, 0.25) is 0 Å². The molecule has 1 N–H and O–H groups in total. The lowest BCUT2D eigenvalue weighted by atomic mass is 9.76. The van der Waals surface area contributed by atoms with Gasteiger partial charge in [0.15, 0.2) is 0 Å². The predicted molar refractivity (Wildman–Crippen MR) is 51.0 cm³/mol. The van der Waals surface area contributed by atoms with Gasteiger partial charge >= 0.3 is 0 Å². The minimum absolute atomic E-state index is 0.281. The summed E-state index contributed by atoms with van der Waals surface area (Å²) in [5.74, 6) is 0.795. The molecule has 0 radical (unpaired) electrons. The summed E-state index contributed by atoms with van der Waals surface area (Å²) in [6.45, 7) is 7.86. The van der Waals surface area contributed by atoms with E-state index >= 15 is 0 Å². The molecule has 12 heavy (non-hydrogen) atoms. The maximum atomic E-state index is 5.54. The SMILES string of the molecule is CN[C@@H]1C[C@H](C(C)(C)C)CCO1. The Hall–Kier alpha value is -0.0800. The van der Waals surface area contributed by atoms with Gasteiger partial charge in [0.25, 0.3) is 0 Å². The molecule has 0 unspecified atom stereocenters. The van der Waals surface area contributed by atoms with Crippen LogP contribution >= 0.6 is 0 Å². The van der Waals surface area contributed by atoms with Crippen LogP contribution in [-0.2, 0) is 4.74 Å². The first kappa shape index (κ1) is 10.0. The molecule has 0 aromatic heterocycles. The average molecular weight is 171 g/mol. The van der Waals surface area contributed by atoms with Crippen molar-refractivity contribution in [2.45, 2.75) is 39.8 Å². The van der Waals surface area contributed by atoms with E-state index in [1.165, 1.54) is 6.42 Å². The minimum atomic E-state index is 0.281. The third kappa shape index (κ3) is 2.46. The molecule has 1 heterocycles. The van der Waals surface area contributed by atoms with Gasteiger partial charge in [0.1, 0.15) is 6.23 Å². The first-order chi connectivity index (χ1) is 5.54. The summed E-state index contributed by atoms with van der Waals surface area (Å²) in [7, 11) is 1.97. The molecule has 0 aromatic carbocycles. The van der Waals surface area contributed by atoms with Crippen LogP contribution in [0, 0.1) is 11.3 Å². The average Bonchev–Trinajstić information content (AvgIpc) is 2.03. The quantitative estimate of drug-likeness (QED) is 0.651.